The summed E-state index contributed by atoms with van der Waals surface area (Å²) in [5, 5.41) is 0. The van der Waals surface area contributed by atoms with E-state index in [0.717, 1.165) is 19.5 Å². The molecular weight excluding hydrogens is 210 g/mol. The van der Waals surface area contributed by atoms with Crippen molar-refractivity contribution in [1.82, 2.24) is 4.90 Å². The van der Waals surface area contributed by atoms with Crippen LogP contribution in [0.2, 0.25) is 0 Å². The third kappa shape index (κ3) is 2.21. The molecule has 0 radical (unpaired) electrons. The van der Waals surface area contributed by atoms with Gasteiger partial charge in [-0.05, 0) is 32.4 Å². The van der Waals surface area contributed by atoms with Crippen LogP contribution in [0.1, 0.15) is 25.7 Å². The van der Waals surface area contributed by atoms with Crippen LogP contribution in [0, 0.1) is 17.3 Å². The molecule has 1 heterocycles. The lowest BCUT2D eigenvalue weighted by Crippen LogP contribution is -2.25. The van der Waals surface area contributed by atoms with E-state index < -0.39 is 11.3 Å². The van der Waals surface area contributed by atoms with Crippen molar-refractivity contribution in [2.45, 2.75) is 31.6 Å². The fraction of sp³-hybridized carbons (Fsp3) is 0.833. The molecule has 1 saturated heterocycles. The summed E-state index contributed by atoms with van der Waals surface area (Å²) in [6.07, 6.45) is 2.24. The zero-order valence-electron chi connectivity index (χ0n) is 9.44. The first kappa shape index (κ1) is 11.8. The maximum absolute atomic E-state index is 13.2. The van der Waals surface area contributed by atoms with E-state index in [2.05, 4.69) is 16.7 Å². The van der Waals surface area contributed by atoms with E-state index in [0.29, 0.717) is 25.9 Å². The number of rotatable bonds is 1. The molecule has 2 fully saturated rings. The zero-order valence-corrected chi connectivity index (χ0v) is 9.44. The maximum atomic E-state index is 13.2. The van der Waals surface area contributed by atoms with Crippen LogP contribution in [-0.4, -0.2) is 37.0 Å². The molecule has 1 saturated carbocycles. The number of nitrogens with two attached hydrogens (primary N) is 1. The summed E-state index contributed by atoms with van der Waals surface area (Å²) in [6.45, 7) is 2.67. The van der Waals surface area contributed by atoms with E-state index in [1.807, 2.05) is 0 Å². The standard InChI is InChI=1S/C12H18F2N2/c13-12(14)10-11(12)4-3-8-16(9-5-11)7-2-1-6-15/h3-10,15H2. The van der Waals surface area contributed by atoms with Crippen molar-refractivity contribution < 1.29 is 8.78 Å². The lowest BCUT2D eigenvalue weighted by Gasteiger charge is -2.16. The highest BCUT2D eigenvalue weighted by Crippen LogP contribution is 2.65. The number of nitrogens with zero attached hydrogens (tertiary/aromatic N) is 1. The number of likely N-dealkylation sites (tertiary alicyclic amines) is 1. The average molecular weight is 228 g/mol. The fourth-order valence-electron chi connectivity index (χ4n) is 2.57. The van der Waals surface area contributed by atoms with Crippen molar-refractivity contribution in [2.24, 2.45) is 11.1 Å². The molecule has 4 heteroatoms. The Morgan fingerprint density at radius 1 is 1.19 bits per heavy atom. The normalized spacial score (nSPS) is 32.9. The van der Waals surface area contributed by atoms with Gasteiger partial charge < -0.3 is 5.73 Å². The van der Waals surface area contributed by atoms with Gasteiger partial charge in [0.2, 0.25) is 0 Å². The minimum atomic E-state index is -2.40. The summed E-state index contributed by atoms with van der Waals surface area (Å²) in [6, 6.07) is 0. The SMILES string of the molecule is NCC#CCN1CCCC2(CC1)CC2(F)F. The Balaban J connectivity index is 1.85. The second-order valence-corrected chi connectivity index (χ2v) is 4.85. The molecule has 0 amide bonds. The van der Waals surface area contributed by atoms with Crippen LogP contribution in [0.5, 0.6) is 0 Å². The summed E-state index contributed by atoms with van der Waals surface area (Å²) < 4.78 is 26.4. The number of halogens is 2. The van der Waals surface area contributed by atoms with Crippen molar-refractivity contribution in [3.05, 3.63) is 0 Å². The molecule has 2 aliphatic rings. The first-order valence-electron chi connectivity index (χ1n) is 5.86. The van der Waals surface area contributed by atoms with E-state index in [1.54, 1.807) is 0 Å². The molecule has 1 atom stereocenters. The van der Waals surface area contributed by atoms with Crippen LogP contribution in [-0.2, 0) is 0 Å². The average Bonchev–Trinajstić information content (AvgIpc) is 2.83. The van der Waals surface area contributed by atoms with Crippen LogP contribution in [0.25, 0.3) is 0 Å². The predicted molar refractivity (Wildman–Crippen MR) is 59.1 cm³/mol. The molecule has 2 rings (SSSR count). The molecule has 0 aromatic rings. The highest BCUT2D eigenvalue weighted by Gasteiger charge is 2.69. The van der Waals surface area contributed by atoms with E-state index in [4.69, 9.17) is 5.73 Å². The Kier molecular flexibility index (Phi) is 3.18. The van der Waals surface area contributed by atoms with Crippen molar-refractivity contribution in [3.8, 4) is 11.8 Å². The summed E-state index contributed by atoms with van der Waals surface area (Å²) >= 11 is 0. The van der Waals surface area contributed by atoms with E-state index in [9.17, 15) is 8.78 Å². The summed E-state index contributed by atoms with van der Waals surface area (Å²) in [5.74, 6) is 3.37. The second kappa shape index (κ2) is 4.31. The van der Waals surface area contributed by atoms with Crippen LogP contribution in [0.4, 0.5) is 8.78 Å². The summed E-state index contributed by atoms with van der Waals surface area (Å²) in [4.78, 5) is 2.16. The van der Waals surface area contributed by atoms with Gasteiger partial charge in [-0.15, -0.1) is 0 Å². The van der Waals surface area contributed by atoms with Gasteiger partial charge in [0.15, 0.2) is 0 Å². The van der Waals surface area contributed by atoms with Gasteiger partial charge in [-0.25, -0.2) is 8.78 Å². The Hall–Kier alpha value is -0.660. The monoisotopic (exact) mass is 228 g/mol. The second-order valence-electron chi connectivity index (χ2n) is 4.85. The predicted octanol–water partition coefficient (Wildman–Crippen LogP) is 1.46. The minimum absolute atomic E-state index is 0.0995. The minimum Gasteiger partial charge on any atom is -0.320 e. The van der Waals surface area contributed by atoms with Gasteiger partial charge >= 0.3 is 0 Å². The maximum Gasteiger partial charge on any atom is 0.254 e. The van der Waals surface area contributed by atoms with Gasteiger partial charge in [-0.1, -0.05) is 11.8 Å². The molecule has 90 valence electrons. The third-order valence-electron chi connectivity index (χ3n) is 3.78. The van der Waals surface area contributed by atoms with Crippen LogP contribution in [0.3, 0.4) is 0 Å². The summed E-state index contributed by atoms with van der Waals surface area (Å²) in [5.41, 5.74) is 4.61. The molecule has 1 unspecified atom stereocenters. The molecule has 0 aromatic heterocycles. The topological polar surface area (TPSA) is 29.3 Å². The molecule has 2 N–H and O–H groups in total. The Morgan fingerprint density at radius 3 is 2.56 bits per heavy atom. The first-order valence-corrected chi connectivity index (χ1v) is 5.86. The van der Waals surface area contributed by atoms with Gasteiger partial charge in [0, 0.05) is 11.8 Å². The van der Waals surface area contributed by atoms with Gasteiger partial charge in [-0.3, -0.25) is 4.90 Å². The number of alkyl halides is 2. The molecule has 1 aliphatic heterocycles. The molecule has 0 aromatic carbocycles. The van der Waals surface area contributed by atoms with Gasteiger partial charge in [0.1, 0.15) is 0 Å². The number of hydrogen-bond acceptors (Lipinski definition) is 2. The van der Waals surface area contributed by atoms with Crippen LogP contribution >= 0.6 is 0 Å². The molecule has 0 bridgehead atoms. The van der Waals surface area contributed by atoms with Crippen molar-refractivity contribution >= 4 is 0 Å². The molecule has 2 nitrogen and oxygen atoms in total. The Morgan fingerprint density at radius 2 is 1.94 bits per heavy atom. The lowest BCUT2D eigenvalue weighted by molar-refractivity contribution is 0.0577. The van der Waals surface area contributed by atoms with Crippen LogP contribution in [0.15, 0.2) is 0 Å². The molecule has 1 aliphatic carbocycles. The fourth-order valence-corrected chi connectivity index (χ4v) is 2.57. The highest BCUT2D eigenvalue weighted by atomic mass is 19.3. The van der Waals surface area contributed by atoms with Gasteiger partial charge in [0.05, 0.1) is 13.1 Å². The molecule has 1 spiro atoms. The van der Waals surface area contributed by atoms with Crippen LogP contribution < -0.4 is 5.73 Å². The zero-order chi connectivity index (χ0) is 11.6. The van der Waals surface area contributed by atoms with E-state index >= 15 is 0 Å². The third-order valence-corrected chi connectivity index (χ3v) is 3.78. The largest absolute Gasteiger partial charge is 0.320 e. The van der Waals surface area contributed by atoms with Crippen molar-refractivity contribution in [1.29, 1.82) is 0 Å². The number of hydrogen-bond donors (Lipinski definition) is 1. The lowest BCUT2D eigenvalue weighted by atomic mass is 9.97. The smallest absolute Gasteiger partial charge is 0.254 e. The molecular formula is C12H18F2N2. The first-order chi connectivity index (χ1) is 7.60. The Labute approximate surface area is 95.2 Å². The van der Waals surface area contributed by atoms with Gasteiger partial charge in [0.25, 0.3) is 5.92 Å². The quantitative estimate of drug-likeness (QED) is 0.688. The van der Waals surface area contributed by atoms with Crippen molar-refractivity contribution in [3.63, 3.8) is 0 Å². The summed E-state index contributed by atoms with van der Waals surface area (Å²) in [7, 11) is 0. The van der Waals surface area contributed by atoms with E-state index in [1.165, 1.54) is 0 Å². The Bertz CT molecular complexity index is 319. The van der Waals surface area contributed by atoms with Crippen molar-refractivity contribution in [2.75, 3.05) is 26.2 Å². The van der Waals surface area contributed by atoms with E-state index in [-0.39, 0.29) is 6.42 Å². The molecule has 16 heavy (non-hydrogen) atoms. The highest BCUT2D eigenvalue weighted by molar-refractivity contribution is 5.11. The van der Waals surface area contributed by atoms with Gasteiger partial charge in [-0.2, -0.15) is 0 Å².